The van der Waals surface area contributed by atoms with E-state index in [4.69, 9.17) is 0 Å². The Hall–Kier alpha value is -2.61. The Bertz CT molecular complexity index is 992. The number of nitrogens with one attached hydrogen (secondary N) is 1. The number of carbonyl (C=O) groups excluding carboxylic acids is 1. The largest absolute Gasteiger partial charge is 0.355 e. The minimum Gasteiger partial charge on any atom is -0.355 e. The van der Waals surface area contributed by atoms with Crippen LogP contribution >= 0.6 is 0 Å². The number of aromatic nitrogens is 1. The maximum absolute atomic E-state index is 13.7. The molecule has 3 heterocycles. The van der Waals surface area contributed by atoms with E-state index in [0.29, 0.717) is 37.5 Å². The van der Waals surface area contributed by atoms with E-state index in [0.717, 1.165) is 31.3 Å². The number of halogens is 3. The van der Waals surface area contributed by atoms with Crippen LogP contribution in [-0.4, -0.2) is 41.6 Å². The normalized spacial score (nSPS) is 20.9. The molecule has 4 rings (SSSR count). The molecule has 0 aliphatic carbocycles. The predicted octanol–water partition coefficient (Wildman–Crippen LogP) is 2.04. The van der Waals surface area contributed by atoms with E-state index >= 15 is 0 Å². The molecule has 2 atom stereocenters. The second-order valence-corrected chi connectivity index (χ2v) is 7.84. The zero-order valence-corrected chi connectivity index (χ0v) is 15.8. The van der Waals surface area contributed by atoms with E-state index in [9.17, 15) is 22.8 Å². The first kappa shape index (κ1) is 19.7. The van der Waals surface area contributed by atoms with Crippen LogP contribution in [0, 0.1) is 23.4 Å². The first-order chi connectivity index (χ1) is 13.9. The van der Waals surface area contributed by atoms with Gasteiger partial charge in [-0.15, -0.1) is 0 Å². The summed E-state index contributed by atoms with van der Waals surface area (Å²) in [7, 11) is 0. The fraction of sp³-hybridized carbons (Fsp3) is 0.429. The van der Waals surface area contributed by atoms with Crippen LogP contribution in [-0.2, 0) is 17.8 Å². The third-order valence-corrected chi connectivity index (χ3v) is 5.75. The average molecular weight is 405 g/mol. The molecule has 1 N–H and O–H groups in total. The van der Waals surface area contributed by atoms with Gasteiger partial charge in [-0.3, -0.25) is 9.59 Å². The number of nitrogens with zero attached hydrogens (tertiary/aromatic N) is 2. The van der Waals surface area contributed by atoms with Gasteiger partial charge in [-0.25, -0.2) is 13.2 Å². The topological polar surface area (TPSA) is 54.3 Å². The van der Waals surface area contributed by atoms with Crippen LogP contribution in [0.5, 0.6) is 0 Å². The van der Waals surface area contributed by atoms with E-state index in [-0.39, 0.29) is 17.5 Å². The number of hydrogen-bond acceptors (Lipinski definition) is 3. The van der Waals surface area contributed by atoms with Gasteiger partial charge >= 0.3 is 0 Å². The van der Waals surface area contributed by atoms with Crippen molar-refractivity contribution in [2.75, 3.05) is 26.2 Å². The van der Waals surface area contributed by atoms with Gasteiger partial charge in [0, 0.05) is 62.0 Å². The van der Waals surface area contributed by atoms with Crippen molar-refractivity contribution in [3.8, 4) is 0 Å². The van der Waals surface area contributed by atoms with Crippen molar-refractivity contribution < 1.29 is 18.0 Å². The number of hydrogen-bond donors (Lipinski definition) is 1. The molecule has 2 aromatic rings. The summed E-state index contributed by atoms with van der Waals surface area (Å²) in [4.78, 5) is 26.4. The molecule has 2 aliphatic heterocycles. The maximum Gasteiger partial charge on any atom is 0.250 e. The van der Waals surface area contributed by atoms with Crippen LogP contribution < -0.4 is 10.9 Å². The molecule has 1 fully saturated rings. The van der Waals surface area contributed by atoms with Crippen LogP contribution in [0.4, 0.5) is 13.2 Å². The third kappa shape index (κ3) is 4.22. The van der Waals surface area contributed by atoms with Gasteiger partial charge in [-0.1, -0.05) is 6.07 Å². The molecule has 1 saturated heterocycles. The van der Waals surface area contributed by atoms with Crippen LogP contribution in [0.15, 0.2) is 35.1 Å². The summed E-state index contributed by atoms with van der Waals surface area (Å²) < 4.78 is 41.8. The summed E-state index contributed by atoms with van der Waals surface area (Å²) in [6.45, 7) is 3.39. The second-order valence-electron chi connectivity index (χ2n) is 7.84. The van der Waals surface area contributed by atoms with E-state index in [1.807, 2.05) is 10.6 Å². The van der Waals surface area contributed by atoms with Crippen LogP contribution in [0.2, 0.25) is 0 Å². The number of carbonyl (C=O) groups is 1. The minimum atomic E-state index is -1.27. The molecular weight excluding hydrogens is 383 g/mol. The fourth-order valence-corrected chi connectivity index (χ4v) is 4.47. The molecule has 0 saturated carbocycles. The van der Waals surface area contributed by atoms with Gasteiger partial charge in [-0.2, -0.15) is 0 Å². The molecule has 154 valence electrons. The Morgan fingerprint density at radius 1 is 1.07 bits per heavy atom. The van der Waals surface area contributed by atoms with Crippen molar-refractivity contribution >= 4 is 5.91 Å². The number of amides is 1. The quantitative estimate of drug-likeness (QED) is 0.775. The van der Waals surface area contributed by atoms with Crippen molar-refractivity contribution in [2.45, 2.75) is 25.3 Å². The summed E-state index contributed by atoms with van der Waals surface area (Å²) in [5.41, 5.74) is 0.939. The minimum absolute atomic E-state index is 0.0439. The van der Waals surface area contributed by atoms with E-state index in [1.165, 1.54) is 0 Å². The van der Waals surface area contributed by atoms with E-state index < -0.39 is 23.4 Å². The molecule has 0 radical (unpaired) electrons. The zero-order chi connectivity index (χ0) is 20.5. The Morgan fingerprint density at radius 3 is 2.69 bits per heavy atom. The second kappa shape index (κ2) is 8.02. The van der Waals surface area contributed by atoms with Crippen molar-refractivity contribution in [2.24, 2.45) is 5.92 Å². The summed E-state index contributed by atoms with van der Waals surface area (Å²) >= 11 is 0. The zero-order valence-electron chi connectivity index (χ0n) is 15.8. The van der Waals surface area contributed by atoms with Crippen molar-refractivity contribution in [3.63, 3.8) is 0 Å². The summed E-state index contributed by atoms with van der Waals surface area (Å²) in [6.07, 6.45) is 0.715. The first-order valence-corrected chi connectivity index (χ1v) is 9.73. The predicted molar refractivity (Wildman–Crippen MR) is 101 cm³/mol. The van der Waals surface area contributed by atoms with Gasteiger partial charge < -0.3 is 14.8 Å². The highest BCUT2D eigenvalue weighted by Gasteiger charge is 2.34. The molecule has 1 aromatic carbocycles. The molecule has 2 bridgehead atoms. The lowest BCUT2D eigenvalue weighted by Gasteiger charge is -2.42. The number of benzene rings is 1. The lowest BCUT2D eigenvalue weighted by atomic mass is 9.83. The average Bonchev–Trinajstić information content (AvgIpc) is 2.67. The van der Waals surface area contributed by atoms with E-state index in [2.05, 4.69) is 10.2 Å². The Morgan fingerprint density at radius 2 is 1.86 bits per heavy atom. The number of pyridine rings is 1. The van der Waals surface area contributed by atoms with Crippen molar-refractivity contribution in [1.29, 1.82) is 0 Å². The van der Waals surface area contributed by atoms with Gasteiger partial charge in [0.05, 0.1) is 6.42 Å². The van der Waals surface area contributed by atoms with Gasteiger partial charge in [0.15, 0.2) is 11.6 Å². The van der Waals surface area contributed by atoms with Gasteiger partial charge in [0.2, 0.25) is 5.91 Å². The fourth-order valence-electron chi connectivity index (χ4n) is 4.47. The highest BCUT2D eigenvalue weighted by Crippen LogP contribution is 2.34. The number of rotatable bonds is 5. The van der Waals surface area contributed by atoms with Crippen molar-refractivity contribution in [1.82, 2.24) is 14.8 Å². The lowest BCUT2D eigenvalue weighted by molar-refractivity contribution is -0.120. The van der Waals surface area contributed by atoms with Gasteiger partial charge in [0.1, 0.15) is 5.82 Å². The lowest BCUT2D eigenvalue weighted by Crippen LogP contribution is -2.48. The van der Waals surface area contributed by atoms with Crippen LogP contribution in [0.1, 0.15) is 23.6 Å². The number of piperidine rings is 1. The van der Waals surface area contributed by atoms with E-state index in [1.54, 1.807) is 12.1 Å². The maximum atomic E-state index is 13.7. The summed E-state index contributed by atoms with van der Waals surface area (Å²) in [5, 5.41) is 2.72. The van der Waals surface area contributed by atoms with Crippen LogP contribution in [0.25, 0.3) is 0 Å². The molecule has 8 heteroatoms. The standard InChI is InChI=1S/C21H22F3N3O2/c22-16-9-18(24)17(23)7-14(16)8-20(28)25-4-5-26-10-13-6-15(12-26)19-2-1-3-21(29)27(19)11-13/h1-3,7,9,13,15H,4-6,8,10-12H2,(H,25,28). The highest BCUT2D eigenvalue weighted by atomic mass is 19.2. The summed E-state index contributed by atoms with van der Waals surface area (Å²) in [6, 6.07) is 6.56. The SMILES string of the molecule is O=C(Cc1cc(F)c(F)cc1F)NCCN1CC2CC(C1)c1cccc(=O)n1C2. The third-order valence-electron chi connectivity index (χ3n) is 5.75. The number of likely N-dealkylation sites (tertiary alicyclic amines) is 1. The highest BCUT2D eigenvalue weighted by molar-refractivity contribution is 5.78. The summed E-state index contributed by atoms with van der Waals surface area (Å²) in [5.74, 6) is -3.13. The molecule has 0 spiro atoms. The Balaban J connectivity index is 1.30. The Labute approximate surface area is 166 Å². The van der Waals surface area contributed by atoms with Gasteiger partial charge in [0.25, 0.3) is 5.56 Å². The molecule has 1 aromatic heterocycles. The first-order valence-electron chi connectivity index (χ1n) is 9.73. The Kier molecular flexibility index (Phi) is 5.45. The van der Waals surface area contributed by atoms with Gasteiger partial charge in [-0.05, 0) is 24.5 Å². The smallest absolute Gasteiger partial charge is 0.250 e. The van der Waals surface area contributed by atoms with Crippen LogP contribution in [0.3, 0.4) is 0 Å². The van der Waals surface area contributed by atoms with Crippen molar-refractivity contribution in [3.05, 3.63) is 69.4 Å². The molecule has 5 nitrogen and oxygen atoms in total. The monoisotopic (exact) mass is 405 g/mol. The number of fused-ring (bicyclic) bond motifs is 4. The molecule has 29 heavy (non-hydrogen) atoms. The molecule has 2 aliphatic rings. The molecular formula is C21H22F3N3O2. The molecule has 2 unspecified atom stereocenters. The molecule has 1 amide bonds.